The number of amides is 3. The number of aromatic nitrogens is 2. The SMILES string of the molecule is Cc1[nH]c(/C=C2\C(=O)Nc3ccc(F)cc32)c(C)c1C(=O)NCCNc1ccc(C(=O)Nc2ccc(C(F)(F)F)cc2N)cn1. The van der Waals surface area contributed by atoms with Crippen LogP contribution in [-0.4, -0.2) is 40.8 Å². The van der Waals surface area contributed by atoms with Crippen LogP contribution in [-0.2, 0) is 11.0 Å². The van der Waals surface area contributed by atoms with Crippen LogP contribution >= 0.6 is 0 Å². The zero-order chi connectivity index (χ0) is 32.5. The number of benzene rings is 2. The van der Waals surface area contributed by atoms with Gasteiger partial charge in [-0.15, -0.1) is 0 Å². The Morgan fingerprint density at radius 3 is 2.49 bits per heavy atom. The highest BCUT2D eigenvalue weighted by Crippen LogP contribution is 2.35. The summed E-state index contributed by atoms with van der Waals surface area (Å²) < 4.78 is 52.3. The van der Waals surface area contributed by atoms with Gasteiger partial charge in [-0.2, -0.15) is 13.2 Å². The number of aryl methyl sites for hydroxylation is 1. The second-order valence-corrected chi connectivity index (χ2v) is 10.2. The molecule has 0 saturated heterocycles. The molecule has 45 heavy (non-hydrogen) atoms. The molecule has 0 aliphatic carbocycles. The maximum atomic E-state index is 13.8. The van der Waals surface area contributed by atoms with Gasteiger partial charge in [-0.25, -0.2) is 9.37 Å². The largest absolute Gasteiger partial charge is 0.416 e. The molecule has 0 atom stereocenters. The quantitative estimate of drug-likeness (QED) is 0.0675. The van der Waals surface area contributed by atoms with Crippen molar-refractivity contribution in [3.05, 3.63) is 99.8 Å². The maximum Gasteiger partial charge on any atom is 0.416 e. The topological polar surface area (TPSA) is 154 Å². The molecule has 1 aliphatic heterocycles. The van der Waals surface area contributed by atoms with Crippen molar-refractivity contribution < 1.29 is 31.9 Å². The average Bonchev–Trinajstić information content (AvgIpc) is 3.45. The summed E-state index contributed by atoms with van der Waals surface area (Å²) in [5, 5.41) is 11.0. The Kier molecular flexibility index (Phi) is 8.31. The Morgan fingerprint density at radius 2 is 1.80 bits per heavy atom. The van der Waals surface area contributed by atoms with Gasteiger partial charge in [0, 0.05) is 41.9 Å². The summed E-state index contributed by atoms with van der Waals surface area (Å²) in [4.78, 5) is 45.3. The van der Waals surface area contributed by atoms with Crippen LogP contribution in [0.3, 0.4) is 0 Å². The third kappa shape index (κ3) is 6.64. The van der Waals surface area contributed by atoms with Crippen molar-refractivity contribution >= 4 is 52.3 Å². The van der Waals surface area contributed by atoms with Crippen LogP contribution in [0.5, 0.6) is 0 Å². The van der Waals surface area contributed by atoms with Crippen molar-refractivity contribution in [1.29, 1.82) is 0 Å². The van der Waals surface area contributed by atoms with Gasteiger partial charge in [-0.05, 0) is 74.0 Å². The average molecular weight is 622 g/mol. The zero-order valence-electron chi connectivity index (χ0n) is 23.9. The number of hydrogen-bond donors (Lipinski definition) is 6. The summed E-state index contributed by atoms with van der Waals surface area (Å²) in [7, 11) is 0. The van der Waals surface area contributed by atoms with Crippen molar-refractivity contribution in [2.45, 2.75) is 20.0 Å². The molecule has 0 spiro atoms. The third-order valence-corrected chi connectivity index (χ3v) is 7.13. The first-order valence-electron chi connectivity index (χ1n) is 13.6. The van der Waals surface area contributed by atoms with Gasteiger partial charge in [0.15, 0.2) is 0 Å². The smallest absolute Gasteiger partial charge is 0.397 e. The number of rotatable bonds is 8. The highest BCUT2D eigenvalue weighted by molar-refractivity contribution is 6.35. The van der Waals surface area contributed by atoms with Crippen molar-refractivity contribution in [3.63, 3.8) is 0 Å². The molecular weight excluding hydrogens is 594 g/mol. The molecule has 3 amide bonds. The number of H-pyrrole nitrogens is 1. The molecule has 0 saturated carbocycles. The van der Waals surface area contributed by atoms with Crippen LogP contribution in [0.1, 0.15) is 48.8 Å². The van der Waals surface area contributed by atoms with Gasteiger partial charge in [0.1, 0.15) is 11.6 Å². The lowest BCUT2D eigenvalue weighted by Gasteiger charge is -2.12. The van der Waals surface area contributed by atoms with Crippen molar-refractivity contribution in [2.75, 3.05) is 34.8 Å². The summed E-state index contributed by atoms with van der Waals surface area (Å²) in [6, 6.07) is 9.70. The van der Waals surface area contributed by atoms with Gasteiger partial charge >= 0.3 is 6.18 Å². The molecule has 0 fully saturated rings. The van der Waals surface area contributed by atoms with E-state index < -0.39 is 23.5 Å². The number of carbonyl (C=O) groups is 3. The first kappa shape index (κ1) is 30.8. The van der Waals surface area contributed by atoms with Gasteiger partial charge in [0.2, 0.25) is 0 Å². The number of halogens is 4. The van der Waals surface area contributed by atoms with Gasteiger partial charge in [0.25, 0.3) is 17.7 Å². The fourth-order valence-corrected chi connectivity index (χ4v) is 4.84. The second kappa shape index (κ2) is 12.1. The maximum absolute atomic E-state index is 13.8. The van der Waals surface area contributed by atoms with Crippen LogP contribution in [0, 0.1) is 19.7 Å². The van der Waals surface area contributed by atoms with Crippen molar-refractivity contribution in [2.24, 2.45) is 0 Å². The molecule has 10 nitrogen and oxygen atoms in total. The number of nitrogens with zero attached hydrogens (tertiary/aromatic N) is 1. The molecule has 1 aliphatic rings. The molecular formula is C31H27F4N7O3. The predicted octanol–water partition coefficient (Wildman–Crippen LogP) is 5.35. The van der Waals surface area contributed by atoms with E-state index in [0.717, 1.165) is 18.2 Å². The van der Waals surface area contributed by atoms with E-state index in [1.165, 1.54) is 36.5 Å². The molecule has 2 aromatic carbocycles. The number of hydrogen-bond acceptors (Lipinski definition) is 6. The highest BCUT2D eigenvalue weighted by atomic mass is 19.4. The number of fused-ring (bicyclic) bond motifs is 1. The number of anilines is 4. The number of aromatic amines is 1. The Balaban J connectivity index is 1.15. The minimum Gasteiger partial charge on any atom is -0.397 e. The normalized spacial score (nSPS) is 13.4. The van der Waals surface area contributed by atoms with E-state index in [1.807, 2.05) is 0 Å². The molecule has 0 radical (unpaired) electrons. The molecule has 0 bridgehead atoms. The molecule has 14 heteroatoms. The lowest BCUT2D eigenvalue weighted by molar-refractivity contribution is -0.137. The van der Waals surface area contributed by atoms with Crippen LogP contribution in [0.4, 0.5) is 40.4 Å². The number of alkyl halides is 3. The summed E-state index contributed by atoms with van der Waals surface area (Å²) >= 11 is 0. The minimum absolute atomic E-state index is 0.0346. The van der Waals surface area contributed by atoms with Crippen LogP contribution < -0.4 is 27.0 Å². The van der Waals surface area contributed by atoms with E-state index in [2.05, 4.69) is 31.2 Å². The Hall–Kier alpha value is -5.66. The Labute approximate surface area is 254 Å². The molecule has 2 aromatic heterocycles. The Morgan fingerprint density at radius 1 is 1.02 bits per heavy atom. The monoisotopic (exact) mass is 621 g/mol. The van der Waals surface area contributed by atoms with E-state index in [-0.39, 0.29) is 40.9 Å². The third-order valence-electron chi connectivity index (χ3n) is 7.13. The first-order chi connectivity index (χ1) is 21.3. The second-order valence-electron chi connectivity index (χ2n) is 10.2. The summed E-state index contributed by atoms with van der Waals surface area (Å²) in [5.74, 6) is -1.36. The lowest BCUT2D eigenvalue weighted by atomic mass is 10.0. The summed E-state index contributed by atoms with van der Waals surface area (Å²) in [5.41, 5.74) is 8.12. The van der Waals surface area contributed by atoms with E-state index >= 15 is 0 Å². The van der Waals surface area contributed by atoms with E-state index in [4.69, 9.17) is 5.73 Å². The number of carbonyl (C=O) groups excluding carboxylic acids is 3. The van der Waals surface area contributed by atoms with E-state index in [9.17, 15) is 31.9 Å². The molecule has 5 rings (SSSR count). The fourth-order valence-electron chi connectivity index (χ4n) is 4.84. The van der Waals surface area contributed by atoms with Gasteiger partial charge in [-0.3, -0.25) is 14.4 Å². The van der Waals surface area contributed by atoms with Crippen LogP contribution in [0.15, 0.2) is 54.7 Å². The summed E-state index contributed by atoms with van der Waals surface area (Å²) in [6.45, 7) is 4.01. The lowest BCUT2D eigenvalue weighted by Crippen LogP contribution is -2.29. The van der Waals surface area contributed by atoms with Gasteiger partial charge in [-0.1, -0.05) is 0 Å². The van der Waals surface area contributed by atoms with Crippen molar-refractivity contribution in [3.8, 4) is 0 Å². The number of pyridine rings is 1. The van der Waals surface area contributed by atoms with E-state index in [0.29, 0.717) is 46.1 Å². The standard InChI is InChI=1S/C31H27F4N7O3/c1-15-25(13-21-20-12-19(32)5-7-23(20)41-29(21)44)40-16(2)27(15)30(45)38-10-9-37-26-8-3-17(14-39-26)28(43)42-24-6-4-18(11-22(24)36)31(33,34)35/h3-8,11-14,40H,9-10,36H2,1-2H3,(H,37,39)(H,38,45)(H,41,44)(H,42,43)/b21-13-. The summed E-state index contributed by atoms with van der Waals surface area (Å²) in [6.07, 6.45) is -1.67. The van der Waals surface area contributed by atoms with Crippen LogP contribution in [0.2, 0.25) is 0 Å². The fraction of sp³-hybridized carbons (Fsp3) is 0.161. The molecule has 7 N–H and O–H groups in total. The Bertz CT molecular complexity index is 1850. The van der Waals surface area contributed by atoms with Gasteiger partial charge in [0.05, 0.1) is 33.6 Å². The first-order valence-corrected chi connectivity index (χ1v) is 13.6. The zero-order valence-corrected chi connectivity index (χ0v) is 23.9. The highest BCUT2D eigenvalue weighted by Gasteiger charge is 2.31. The minimum atomic E-state index is -4.55. The number of nitrogen functional groups attached to an aromatic ring is 1. The molecule has 4 aromatic rings. The number of nitrogens with two attached hydrogens (primary N) is 1. The van der Waals surface area contributed by atoms with E-state index in [1.54, 1.807) is 19.9 Å². The molecule has 232 valence electrons. The van der Waals surface area contributed by atoms with Crippen LogP contribution in [0.25, 0.3) is 11.6 Å². The van der Waals surface area contributed by atoms with Gasteiger partial charge < -0.3 is 32.0 Å². The van der Waals surface area contributed by atoms with Crippen molar-refractivity contribution in [1.82, 2.24) is 15.3 Å². The molecule has 0 unspecified atom stereocenters. The predicted molar refractivity (Wildman–Crippen MR) is 162 cm³/mol. The molecule has 3 heterocycles. The number of nitrogens with one attached hydrogen (secondary N) is 5.